The smallest absolute Gasteiger partial charge is 0.308 e. The highest BCUT2D eigenvalue weighted by atomic mass is 16.4. The Bertz CT molecular complexity index is 433. The summed E-state index contributed by atoms with van der Waals surface area (Å²) in [5, 5.41) is 11.9. The van der Waals surface area contributed by atoms with E-state index in [9.17, 15) is 9.59 Å². The Morgan fingerprint density at radius 3 is 2.56 bits per heavy atom. The number of hydrogen-bond acceptors (Lipinski definition) is 3. The normalized spacial score (nSPS) is 23.3. The summed E-state index contributed by atoms with van der Waals surface area (Å²) in [4.78, 5) is 26.9. The molecule has 96 valence electrons. The molecule has 2 N–H and O–H groups in total. The van der Waals surface area contributed by atoms with Crippen LogP contribution in [0.25, 0.3) is 0 Å². The Balaban J connectivity index is 2.03. The van der Waals surface area contributed by atoms with Crippen LogP contribution in [0, 0.1) is 5.92 Å². The van der Waals surface area contributed by atoms with Crippen molar-refractivity contribution in [2.75, 3.05) is 0 Å². The molecule has 2 rings (SSSR count). The summed E-state index contributed by atoms with van der Waals surface area (Å²) in [7, 11) is 0. The first-order valence-corrected chi connectivity index (χ1v) is 6.12. The van der Waals surface area contributed by atoms with Gasteiger partial charge in [0.05, 0.1) is 5.92 Å². The van der Waals surface area contributed by atoms with E-state index in [4.69, 9.17) is 5.11 Å². The number of aromatic nitrogens is 1. The Hall–Kier alpha value is -1.91. The van der Waals surface area contributed by atoms with E-state index < -0.39 is 11.9 Å². The number of amides is 1. The molecule has 5 nitrogen and oxygen atoms in total. The van der Waals surface area contributed by atoms with Crippen molar-refractivity contribution >= 4 is 11.9 Å². The highest BCUT2D eigenvalue weighted by molar-refractivity contribution is 5.94. The molecular formula is C13H16N2O3. The third-order valence-electron chi connectivity index (χ3n) is 3.34. The van der Waals surface area contributed by atoms with E-state index in [0.29, 0.717) is 12.0 Å². The number of nitrogens with zero attached hydrogens (tertiary/aromatic N) is 1. The molecule has 1 fully saturated rings. The highest BCUT2D eigenvalue weighted by Gasteiger charge is 2.31. The average molecular weight is 248 g/mol. The van der Waals surface area contributed by atoms with E-state index in [-0.39, 0.29) is 11.9 Å². The molecule has 0 aromatic carbocycles. The molecule has 0 spiro atoms. The Kier molecular flexibility index (Phi) is 3.92. The lowest BCUT2D eigenvalue weighted by Crippen LogP contribution is -2.45. The Morgan fingerprint density at radius 1 is 1.22 bits per heavy atom. The van der Waals surface area contributed by atoms with E-state index in [1.54, 1.807) is 24.5 Å². The van der Waals surface area contributed by atoms with Crippen molar-refractivity contribution in [3.05, 3.63) is 30.1 Å². The number of rotatable bonds is 3. The maximum atomic E-state index is 11.9. The minimum absolute atomic E-state index is 0.226. The molecule has 1 saturated carbocycles. The molecule has 0 aliphatic heterocycles. The number of aliphatic carboxylic acids is 1. The molecule has 1 aliphatic carbocycles. The molecule has 1 aliphatic rings. The van der Waals surface area contributed by atoms with Crippen LogP contribution in [0.4, 0.5) is 0 Å². The van der Waals surface area contributed by atoms with Crippen LogP contribution in [-0.4, -0.2) is 28.0 Å². The SMILES string of the molecule is O=C(NC1CCCCC1C(=O)O)c1ccncc1. The molecule has 18 heavy (non-hydrogen) atoms. The summed E-state index contributed by atoms with van der Waals surface area (Å²) in [6, 6.07) is 2.97. The van der Waals surface area contributed by atoms with Crippen molar-refractivity contribution in [1.82, 2.24) is 10.3 Å². The number of carbonyl (C=O) groups excluding carboxylic acids is 1. The van der Waals surface area contributed by atoms with Crippen LogP contribution in [0.5, 0.6) is 0 Å². The molecule has 1 aromatic rings. The number of nitrogens with one attached hydrogen (secondary N) is 1. The lowest BCUT2D eigenvalue weighted by molar-refractivity contribution is -0.143. The first kappa shape index (κ1) is 12.5. The fourth-order valence-electron chi connectivity index (χ4n) is 2.35. The second-order valence-electron chi connectivity index (χ2n) is 4.55. The number of hydrogen-bond donors (Lipinski definition) is 2. The predicted molar refractivity (Wildman–Crippen MR) is 65.1 cm³/mol. The topological polar surface area (TPSA) is 79.3 Å². The van der Waals surface area contributed by atoms with Gasteiger partial charge >= 0.3 is 5.97 Å². The first-order chi connectivity index (χ1) is 8.68. The fraction of sp³-hybridized carbons (Fsp3) is 0.462. The van der Waals surface area contributed by atoms with E-state index in [1.165, 1.54) is 0 Å². The number of carboxylic acids is 1. The van der Waals surface area contributed by atoms with Gasteiger partial charge < -0.3 is 10.4 Å². The maximum Gasteiger partial charge on any atom is 0.308 e. The van der Waals surface area contributed by atoms with Gasteiger partial charge in [-0.1, -0.05) is 12.8 Å². The average Bonchev–Trinajstić information content (AvgIpc) is 2.40. The lowest BCUT2D eigenvalue weighted by atomic mass is 9.84. The third kappa shape index (κ3) is 2.85. The van der Waals surface area contributed by atoms with Gasteiger partial charge in [-0.15, -0.1) is 0 Å². The summed E-state index contributed by atoms with van der Waals surface area (Å²) < 4.78 is 0. The van der Waals surface area contributed by atoms with Gasteiger partial charge in [0.1, 0.15) is 0 Å². The Morgan fingerprint density at radius 2 is 1.89 bits per heavy atom. The molecule has 5 heteroatoms. The zero-order chi connectivity index (χ0) is 13.0. The second kappa shape index (κ2) is 5.62. The summed E-state index contributed by atoms with van der Waals surface area (Å²) >= 11 is 0. The lowest BCUT2D eigenvalue weighted by Gasteiger charge is -2.29. The molecule has 1 heterocycles. The van der Waals surface area contributed by atoms with E-state index in [2.05, 4.69) is 10.3 Å². The van der Waals surface area contributed by atoms with Crippen molar-refractivity contribution < 1.29 is 14.7 Å². The van der Waals surface area contributed by atoms with Crippen LogP contribution >= 0.6 is 0 Å². The van der Waals surface area contributed by atoms with Crippen LogP contribution in [0.2, 0.25) is 0 Å². The van der Waals surface area contributed by atoms with Crippen molar-refractivity contribution in [3.63, 3.8) is 0 Å². The van der Waals surface area contributed by atoms with Gasteiger partial charge in [0.25, 0.3) is 5.91 Å². The van der Waals surface area contributed by atoms with Crippen LogP contribution in [0.1, 0.15) is 36.0 Å². The third-order valence-corrected chi connectivity index (χ3v) is 3.34. The Labute approximate surface area is 105 Å². The van der Waals surface area contributed by atoms with Crippen molar-refractivity contribution in [3.8, 4) is 0 Å². The largest absolute Gasteiger partial charge is 0.481 e. The van der Waals surface area contributed by atoms with E-state index in [1.807, 2.05) is 0 Å². The van der Waals surface area contributed by atoms with Crippen molar-refractivity contribution in [2.24, 2.45) is 5.92 Å². The van der Waals surface area contributed by atoms with Crippen LogP contribution in [0.15, 0.2) is 24.5 Å². The summed E-state index contributed by atoms with van der Waals surface area (Å²) in [6.45, 7) is 0. The quantitative estimate of drug-likeness (QED) is 0.848. The van der Waals surface area contributed by atoms with Crippen LogP contribution < -0.4 is 5.32 Å². The second-order valence-corrected chi connectivity index (χ2v) is 4.55. The number of carbonyl (C=O) groups is 2. The van der Waals surface area contributed by atoms with E-state index in [0.717, 1.165) is 19.3 Å². The maximum absolute atomic E-state index is 11.9. The van der Waals surface area contributed by atoms with Gasteiger partial charge in [0.15, 0.2) is 0 Å². The molecular weight excluding hydrogens is 232 g/mol. The van der Waals surface area contributed by atoms with Gasteiger partial charge in [-0.25, -0.2) is 0 Å². The molecule has 2 atom stereocenters. The monoisotopic (exact) mass is 248 g/mol. The number of carboxylic acid groups (broad SMARTS) is 1. The van der Waals surface area contributed by atoms with Gasteiger partial charge in [0.2, 0.25) is 0 Å². The highest BCUT2D eigenvalue weighted by Crippen LogP contribution is 2.24. The minimum Gasteiger partial charge on any atom is -0.481 e. The number of pyridine rings is 1. The van der Waals surface area contributed by atoms with Crippen LogP contribution in [0.3, 0.4) is 0 Å². The van der Waals surface area contributed by atoms with Gasteiger partial charge in [-0.3, -0.25) is 14.6 Å². The van der Waals surface area contributed by atoms with Gasteiger partial charge in [0, 0.05) is 24.0 Å². The summed E-state index contributed by atoms with van der Waals surface area (Å²) in [5.41, 5.74) is 0.514. The molecule has 0 bridgehead atoms. The van der Waals surface area contributed by atoms with E-state index >= 15 is 0 Å². The first-order valence-electron chi connectivity index (χ1n) is 6.12. The molecule has 1 amide bonds. The minimum atomic E-state index is -0.824. The summed E-state index contributed by atoms with van der Waals surface area (Å²) in [5.74, 6) is -1.52. The molecule has 2 unspecified atom stereocenters. The summed E-state index contributed by atoms with van der Waals surface area (Å²) in [6.07, 6.45) is 6.34. The zero-order valence-corrected chi connectivity index (χ0v) is 10.0. The van der Waals surface area contributed by atoms with Gasteiger partial charge in [-0.2, -0.15) is 0 Å². The van der Waals surface area contributed by atoms with Crippen molar-refractivity contribution in [1.29, 1.82) is 0 Å². The molecule has 0 radical (unpaired) electrons. The van der Waals surface area contributed by atoms with Crippen LogP contribution in [-0.2, 0) is 4.79 Å². The van der Waals surface area contributed by atoms with Gasteiger partial charge in [-0.05, 0) is 25.0 Å². The fourth-order valence-corrected chi connectivity index (χ4v) is 2.35. The standard InChI is InChI=1S/C13H16N2O3/c16-12(9-5-7-14-8-6-9)15-11-4-2-1-3-10(11)13(17)18/h5-8,10-11H,1-4H2,(H,15,16)(H,17,18). The predicted octanol–water partition coefficient (Wildman–Crippen LogP) is 1.45. The molecule has 0 saturated heterocycles. The van der Waals surface area contributed by atoms with Crippen molar-refractivity contribution in [2.45, 2.75) is 31.7 Å². The zero-order valence-electron chi connectivity index (χ0n) is 10.0. The molecule has 1 aromatic heterocycles.